The van der Waals surface area contributed by atoms with Crippen molar-refractivity contribution in [3.05, 3.63) is 11.8 Å². The summed E-state index contributed by atoms with van der Waals surface area (Å²) < 4.78 is 37.8. The quantitative estimate of drug-likeness (QED) is 0.144. The minimum Gasteiger partial charge on any atom is -0.471 e. The number of hydrogen-bond acceptors (Lipinski definition) is 16. The summed E-state index contributed by atoms with van der Waals surface area (Å²) in [5, 5.41) is 70.8. The molecule has 0 spiro atoms. The molecule has 222 valence electrons. The second-order valence-electron chi connectivity index (χ2n) is 9.83. The molecule has 4 aliphatic rings. The monoisotopic (exact) mass is 566 g/mol. The van der Waals surface area contributed by atoms with Crippen molar-refractivity contribution >= 4 is 11.9 Å². The van der Waals surface area contributed by atoms with Crippen molar-refractivity contribution < 1.29 is 78.5 Å². The number of aliphatic hydroxyl groups is 7. The Labute approximate surface area is 222 Å². The summed E-state index contributed by atoms with van der Waals surface area (Å²) >= 11 is 0. The third-order valence-corrected chi connectivity index (χ3v) is 7.38. The zero-order valence-corrected chi connectivity index (χ0v) is 21.1. The van der Waals surface area contributed by atoms with Gasteiger partial charge in [0.15, 0.2) is 12.6 Å². The maximum absolute atomic E-state index is 12.2. The van der Waals surface area contributed by atoms with Gasteiger partial charge in [0.05, 0.1) is 44.5 Å². The van der Waals surface area contributed by atoms with Crippen LogP contribution < -0.4 is 0 Å². The van der Waals surface area contributed by atoms with Gasteiger partial charge in [-0.15, -0.1) is 0 Å². The van der Waals surface area contributed by atoms with Gasteiger partial charge in [-0.1, -0.05) is 0 Å². The van der Waals surface area contributed by atoms with Crippen LogP contribution >= 0.6 is 0 Å². The molecule has 0 saturated carbocycles. The number of carbonyl (C=O) groups is 2. The molecule has 4 rings (SSSR count). The number of aliphatic hydroxyl groups excluding tert-OH is 7. The first kappa shape index (κ1) is 30.0. The second kappa shape index (κ2) is 12.3. The van der Waals surface area contributed by atoms with Crippen LogP contribution in [0, 0.1) is 11.8 Å². The molecule has 16 nitrogen and oxygen atoms in total. The molecule has 0 aliphatic carbocycles. The van der Waals surface area contributed by atoms with Gasteiger partial charge in [0, 0.05) is 5.92 Å². The van der Waals surface area contributed by atoms with E-state index in [-0.39, 0.29) is 12.0 Å². The first-order valence-corrected chi connectivity index (χ1v) is 12.4. The molecule has 4 aliphatic heterocycles. The molecule has 0 aromatic heterocycles. The third kappa shape index (κ3) is 5.91. The summed E-state index contributed by atoms with van der Waals surface area (Å²) in [6, 6.07) is 0. The van der Waals surface area contributed by atoms with Crippen LogP contribution in [0.1, 0.15) is 13.3 Å². The lowest BCUT2D eigenvalue weighted by Gasteiger charge is -2.46. The summed E-state index contributed by atoms with van der Waals surface area (Å²) in [4.78, 5) is 24.3. The Hall–Kier alpha value is -1.96. The lowest BCUT2D eigenvalue weighted by atomic mass is 9.77. The molecule has 39 heavy (non-hydrogen) atoms. The van der Waals surface area contributed by atoms with E-state index in [1.54, 1.807) is 6.92 Å². The first-order valence-electron chi connectivity index (χ1n) is 12.4. The normalized spacial score (nSPS) is 46.4. The second-order valence-corrected chi connectivity index (χ2v) is 9.83. The topological polar surface area (TPSA) is 240 Å². The summed E-state index contributed by atoms with van der Waals surface area (Å²) in [5.41, 5.74) is 0.0947. The number of hydrogen-bond donors (Lipinski definition) is 7. The van der Waals surface area contributed by atoms with Crippen LogP contribution in [0.5, 0.6) is 0 Å². The van der Waals surface area contributed by atoms with Gasteiger partial charge in [0.25, 0.3) is 0 Å². The minimum absolute atomic E-state index is 0.0947. The van der Waals surface area contributed by atoms with Crippen molar-refractivity contribution in [2.75, 3.05) is 20.3 Å². The molecular weight excluding hydrogens is 532 g/mol. The smallest absolute Gasteiger partial charge is 0.337 e. The fraction of sp³-hybridized carbons (Fsp3) is 0.826. The van der Waals surface area contributed by atoms with E-state index in [1.165, 1.54) is 7.11 Å². The molecule has 3 fully saturated rings. The van der Waals surface area contributed by atoms with E-state index < -0.39 is 111 Å². The average molecular weight is 567 g/mol. The van der Waals surface area contributed by atoms with Crippen LogP contribution in [0.15, 0.2) is 11.8 Å². The van der Waals surface area contributed by atoms with Crippen molar-refractivity contribution in [3.63, 3.8) is 0 Å². The molecule has 14 atom stereocenters. The lowest BCUT2D eigenvalue weighted by Crippen LogP contribution is -2.62. The predicted octanol–water partition coefficient (Wildman–Crippen LogP) is -4.39. The van der Waals surface area contributed by atoms with E-state index in [0.29, 0.717) is 0 Å². The molecule has 4 heterocycles. The summed E-state index contributed by atoms with van der Waals surface area (Å²) in [6.07, 6.45) is -17.1. The van der Waals surface area contributed by atoms with E-state index in [4.69, 9.17) is 33.2 Å². The number of esters is 2. The Morgan fingerprint density at radius 1 is 0.923 bits per heavy atom. The third-order valence-electron chi connectivity index (χ3n) is 7.38. The molecular formula is C23H34O16. The molecule has 16 heteroatoms. The van der Waals surface area contributed by atoms with Crippen molar-refractivity contribution in [2.24, 2.45) is 11.8 Å². The van der Waals surface area contributed by atoms with E-state index in [2.05, 4.69) is 0 Å². The van der Waals surface area contributed by atoms with E-state index in [9.17, 15) is 45.3 Å². The number of carbonyl (C=O) groups excluding carboxylic acids is 2. The van der Waals surface area contributed by atoms with E-state index >= 15 is 0 Å². The van der Waals surface area contributed by atoms with Crippen LogP contribution in [0.25, 0.3) is 0 Å². The summed E-state index contributed by atoms with van der Waals surface area (Å²) in [5.74, 6) is -2.68. The highest BCUT2D eigenvalue weighted by molar-refractivity contribution is 5.90. The van der Waals surface area contributed by atoms with Crippen LogP contribution in [-0.4, -0.2) is 142 Å². The van der Waals surface area contributed by atoms with E-state index in [0.717, 1.165) is 6.26 Å². The van der Waals surface area contributed by atoms with Gasteiger partial charge in [-0.25, -0.2) is 4.79 Å². The number of ether oxygens (including phenoxy) is 7. The maximum Gasteiger partial charge on any atom is 0.337 e. The molecule has 14 unspecified atom stereocenters. The Morgan fingerprint density at radius 3 is 2.18 bits per heavy atom. The van der Waals surface area contributed by atoms with Gasteiger partial charge < -0.3 is 68.9 Å². The molecule has 3 saturated heterocycles. The number of methoxy groups -OCH3 is 1. The standard InChI is InChI=1S/C23H34O16/c1-7-13-8(3-12(25)36-7)9(20(32)33-2)5-34-21(13)39-23-19(31)17(29)15(27)11(38-23)6-35-22-18(30)16(28)14(26)10(4-24)37-22/h5,7-8,10-11,13-19,21-24,26-31H,3-4,6H2,1-2H3. The number of fused-ring (bicyclic) bond motifs is 1. The summed E-state index contributed by atoms with van der Waals surface area (Å²) in [6.45, 7) is 0.339. The van der Waals surface area contributed by atoms with Crippen LogP contribution in [0.3, 0.4) is 0 Å². The number of rotatable bonds is 7. The van der Waals surface area contributed by atoms with Gasteiger partial charge in [-0.3, -0.25) is 4.79 Å². The highest BCUT2D eigenvalue weighted by Gasteiger charge is 2.52. The first-order chi connectivity index (χ1) is 18.5. The maximum atomic E-state index is 12.2. The molecule has 0 amide bonds. The summed E-state index contributed by atoms with van der Waals surface area (Å²) in [7, 11) is 1.18. The van der Waals surface area contributed by atoms with Gasteiger partial charge in [0.2, 0.25) is 6.29 Å². The van der Waals surface area contributed by atoms with E-state index in [1.807, 2.05) is 0 Å². The molecule has 0 aromatic carbocycles. The fourth-order valence-corrected chi connectivity index (χ4v) is 5.16. The average Bonchev–Trinajstić information content (AvgIpc) is 2.91. The van der Waals surface area contributed by atoms with Gasteiger partial charge in [0.1, 0.15) is 54.9 Å². The Bertz CT molecular complexity index is 911. The Kier molecular flexibility index (Phi) is 9.45. The zero-order chi connectivity index (χ0) is 28.6. The molecule has 0 radical (unpaired) electrons. The largest absolute Gasteiger partial charge is 0.471 e. The lowest BCUT2D eigenvalue weighted by molar-refractivity contribution is -0.356. The van der Waals surface area contributed by atoms with Crippen molar-refractivity contribution in [1.29, 1.82) is 0 Å². The zero-order valence-electron chi connectivity index (χ0n) is 21.1. The van der Waals surface area contributed by atoms with Gasteiger partial charge >= 0.3 is 11.9 Å². The Morgan fingerprint density at radius 2 is 1.54 bits per heavy atom. The van der Waals surface area contributed by atoms with Crippen molar-refractivity contribution in [1.82, 2.24) is 0 Å². The highest BCUT2D eigenvalue weighted by Crippen LogP contribution is 2.41. The predicted molar refractivity (Wildman–Crippen MR) is 120 cm³/mol. The van der Waals surface area contributed by atoms with Gasteiger partial charge in [-0.2, -0.15) is 0 Å². The highest BCUT2D eigenvalue weighted by atomic mass is 16.8. The molecule has 0 bridgehead atoms. The Balaban J connectivity index is 1.46. The molecule has 0 aromatic rings. The van der Waals surface area contributed by atoms with Crippen LogP contribution in [0.4, 0.5) is 0 Å². The van der Waals surface area contributed by atoms with Crippen LogP contribution in [0.2, 0.25) is 0 Å². The minimum atomic E-state index is -1.78. The van der Waals surface area contributed by atoms with Crippen molar-refractivity contribution in [3.8, 4) is 0 Å². The number of cyclic esters (lactones) is 1. The van der Waals surface area contributed by atoms with Crippen molar-refractivity contribution in [2.45, 2.75) is 87.2 Å². The SMILES string of the molecule is COC(=O)C1=COC(OC2OC(COC3OC(CO)C(O)C(O)C3O)C(O)C(O)C2O)C2C(C)OC(=O)CC12. The molecule has 7 N–H and O–H groups in total. The van der Waals surface area contributed by atoms with Crippen LogP contribution in [-0.2, 0) is 42.7 Å². The van der Waals surface area contributed by atoms with Gasteiger partial charge in [-0.05, 0) is 6.92 Å². The fourth-order valence-electron chi connectivity index (χ4n) is 5.16.